The Morgan fingerprint density at radius 1 is 0.371 bits per heavy atom. The molecule has 15 aromatic rings. The van der Waals surface area contributed by atoms with Crippen LogP contribution in [0.25, 0.3) is 146 Å². The van der Waals surface area contributed by atoms with Gasteiger partial charge in [-0.15, -0.1) is 22.7 Å². The highest BCUT2D eigenvalue weighted by Gasteiger charge is 2.24. The lowest BCUT2D eigenvalue weighted by Crippen LogP contribution is -2.02. The van der Waals surface area contributed by atoms with Gasteiger partial charge >= 0.3 is 0 Å². The van der Waals surface area contributed by atoms with Crippen LogP contribution in [0.1, 0.15) is 0 Å². The maximum absolute atomic E-state index is 5.53. The van der Waals surface area contributed by atoms with Gasteiger partial charge in [0.05, 0.1) is 31.6 Å². The number of rotatable bonds is 6. The van der Waals surface area contributed by atoms with Crippen molar-refractivity contribution in [2.24, 2.45) is 0 Å². The Hall–Kier alpha value is -8.82. The number of hydrogen-bond acceptors (Lipinski definition) is 6. The first-order valence-corrected chi connectivity index (χ1v) is 25.0. The second-order valence-corrected chi connectivity index (χ2v) is 19.8. The minimum atomic E-state index is 0.560. The Morgan fingerprint density at radius 2 is 0.914 bits per heavy atom. The Morgan fingerprint density at radius 3 is 1.66 bits per heavy atom. The van der Waals surface area contributed by atoms with Crippen molar-refractivity contribution in [2.45, 2.75) is 0 Å². The molecular weight excluding hydrogens is 893 g/mol. The van der Waals surface area contributed by atoms with Gasteiger partial charge in [0.25, 0.3) is 0 Å². The van der Waals surface area contributed by atoms with Crippen LogP contribution in [0.3, 0.4) is 0 Å². The minimum absolute atomic E-state index is 0.560. The van der Waals surface area contributed by atoms with Gasteiger partial charge in [0.2, 0.25) is 0 Å². The summed E-state index contributed by atoms with van der Waals surface area (Å²) in [6, 6.07) is 73.1. The van der Waals surface area contributed by atoms with Crippen molar-refractivity contribution < 1.29 is 0 Å². The molecule has 0 bridgehead atoms. The summed E-state index contributed by atoms with van der Waals surface area (Å²) in [5.74, 6) is 1.77. The fourth-order valence-electron chi connectivity index (χ4n) is 10.7. The molecule has 0 fully saturated rings. The standard InChI is InChI=1S/C62H36N6S2/c1-4-16-36(17-5-1)60-65-61(37-18-6-2-7-19-37)67-62(66-60)50-34-38(40-24-14-25-45-47-32-30-43-41-22-10-12-28-51(41)64-54(43)58(47)69-56(40)45)35-63-53(50)49-27-15-26-46-48-33-31-44-42-23-11-13-29-52(42)68(39-20-8-3-9-21-39)55(44)59(48)70-57(46)49/h1-35,64H. The molecule has 0 aliphatic heterocycles. The number of fused-ring (bicyclic) bond motifs is 14. The number of pyridine rings is 1. The zero-order valence-electron chi connectivity index (χ0n) is 37.3. The molecule has 0 aliphatic rings. The quantitative estimate of drug-likeness (QED) is 0.180. The van der Waals surface area contributed by atoms with E-state index in [4.69, 9.17) is 19.9 Å². The van der Waals surface area contributed by atoms with Crippen LogP contribution in [0.15, 0.2) is 212 Å². The SMILES string of the molecule is c1ccc(-c2nc(-c3ccccc3)nc(-c3cc(-c4cccc5c4sc4c5ccc5c6ccccc6[nH]c54)cnc3-c3cccc4c3sc3c4ccc4c5ccccc5n(-c5ccccc5)c43)n2)cc1. The maximum atomic E-state index is 5.53. The maximum Gasteiger partial charge on any atom is 0.166 e. The third-order valence-electron chi connectivity index (χ3n) is 13.9. The largest absolute Gasteiger partial charge is 0.353 e. The van der Waals surface area contributed by atoms with Gasteiger partial charge in [0, 0.05) is 103 Å². The Balaban J connectivity index is 1.01. The predicted octanol–water partition coefficient (Wildman–Crippen LogP) is 17.1. The molecule has 70 heavy (non-hydrogen) atoms. The van der Waals surface area contributed by atoms with Crippen molar-refractivity contribution >= 4 is 107 Å². The topological polar surface area (TPSA) is 72.3 Å². The van der Waals surface area contributed by atoms with E-state index >= 15 is 0 Å². The molecule has 8 heteroatoms. The van der Waals surface area contributed by atoms with Crippen LogP contribution in [-0.4, -0.2) is 29.5 Å². The summed E-state index contributed by atoms with van der Waals surface area (Å²) in [6.07, 6.45) is 2.05. The van der Waals surface area contributed by atoms with Gasteiger partial charge < -0.3 is 9.55 Å². The van der Waals surface area contributed by atoms with Crippen molar-refractivity contribution in [3.63, 3.8) is 0 Å². The summed E-state index contributed by atoms with van der Waals surface area (Å²) >= 11 is 3.67. The Bertz CT molecular complexity index is 4530. The van der Waals surface area contributed by atoms with Crippen molar-refractivity contribution in [3.8, 4) is 62.2 Å². The monoisotopic (exact) mass is 928 g/mol. The molecule has 0 spiro atoms. The number of nitrogens with zero attached hydrogens (tertiary/aromatic N) is 5. The molecule has 0 unspecified atom stereocenters. The van der Waals surface area contributed by atoms with Crippen LogP contribution in [-0.2, 0) is 0 Å². The van der Waals surface area contributed by atoms with Crippen LogP contribution in [0.5, 0.6) is 0 Å². The van der Waals surface area contributed by atoms with E-state index in [1.165, 1.54) is 73.7 Å². The number of nitrogens with one attached hydrogen (secondary N) is 1. The average Bonchev–Trinajstić information content (AvgIpc) is 4.21. The molecular formula is C62H36N6S2. The second kappa shape index (κ2) is 15.3. The van der Waals surface area contributed by atoms with E-state index in [9.17, 15) is 0 Å². The summed E-state index contributed by atoms with van der Waals surface area (Å²) in [5, 5.41) is 9.79. The molecule has 0 saturated heterocycles. The second-order valence-electron chi connectivity index (χ2n) is 17.8. The van der Waals surface area contributed by atoms with Gasteiger partial charge in [-0.3, -0.25) is 4.98 Å². The lowest BCUT2D eigenvalue weighted by atomic mass is 9.98. The number of para-hydroxylation sites is 3. The van der Waals surface area contributed by atoms with Crippen molar-refractivity contribution in [3.05, 3.63) is 212 Å². The normalized spacial score (nSPS) is 12.0. The number of H-pyrrole nitrogens is 1. The third kappa shape index (κ3) is 5.91. The highest BCUT2D eigenvalue weighted by Crippen LogP contribution is 2.48. The molecule has 6 nitrogen and oxygen atoms in total. The highest BCUT2D eigenvalue weighted by atomic mass is 32.1. The summed E-state index contributed by atoms with van der Waals surface area (Å²) in [4.78, 5) is 25.1. The minimum Gasteiger partial charge on any atom is -0.353 e. The number of aromatic nitrogens is 6. The molecule has 0 amide bonds. The summed E-state index contributed by atoms with van der Waals surface area (Å²) < 4.78 is 7.27. The molecule has 0 radical (unpaired) electrons. The van der Waals surface area contributed by atoms with E-state index < -0.39 is 0 Å². The first-order chi connectivity index (χ1) is 34.7. The van der Waals surface area contributed by atoms with Gasteiger partial charge in [-0.2, -0.15) is 0 Å². The van der Waals surface area contributed by atoms with Gasteiger partial charge in [-0.25, -0.2) is 15.0 Å². The van der Waals surface area contributed by atoms with E-state index in [2.05, 4.69) is 179 Å². The van der Waals surface area contributed by atoms with Gasteiger partial charge in [-0.05, 0) is 30.3 Å². The van der Waals surface area contributed by atoms with Crippen LogP contribution in [0, 0.1) is 0 Å². The number of thiophene rings is 2. The molecule has 6 heterocycles. The number of hydrogen-bond donors (Lipinski definition) is 1. The zero-order valence-corrected chi connectivity index (χ0v) is 38.9. The van der Waals surface area contributed by atoms with Gasteiger partial charge in [-0.1, -0.05) is 176 Å². The molecule has 0 saturated carbocycles. The molecule has 0 aliphatic carbocycles. The first kappa shape index (κ1) is 39.2. The predicted molar refractivity (Wildman–Crippen MR) is 294 cm³/mol. The van der Waals surface area contributed by atoms with Crippen molar-refractivity contribution in [1.82, 2.24) is 29.5 Å². The lowest BCUT2D eigenvalue weighted by molar-refractivity contribution is 1.07. The van der Waals surface area contributed by atoms with E-state index in [-0.39, 0.29) is 0 Å². The van der Waals surface area contributed by atoms with Crippen LogP contribution < -0.4 is 0 Å². The number of benzene rings is 9. The first-order valence-electron chi connectivity index (χ1n) is 23.4. The van der Waals surface area contributed by atoms with E-state index in [0.717, 1.165) is 55.0 Å². The summed E-state index contributed by atoms with van der Waals surface area (Å²) in [7, 11) is 0. The van der Waals surface area contributed by atoms with Crippen molar-refractivity contribution in [2.75, 3.05) is 0 Å². The zero-order chi connectivity index (χ0) is 45.9. The summed E-state index contributed by atoms with van der Waals surface area (Å²) in [6.45, 7) is 0. The Kier molecular flexibility index (Phi) is 8.60. The fraction of sp³-hybridized carbons (Fsp3) is 0. The lowest BCUT2D eigenvalue weighted by Gasteiger charge is -2.14. The molecule has 326 valence electrons. The molecule has 9 aromatic carbocycles. The van der Waals surface area contributed by atoms with Crippen LogP contribution >= 0.6 is 22.7 Å². The molecule has 1 N–H and O–H groups in total. The highest BCUT2D eigenvalue weighted by molar-refractivity contribution is 7.27. The average molecular weight is 929 g/mol. The van der Waals surface area contributed by atoms with E-state index in [1.54, 1.807) is 0 Å². The molecule has 15 rings (SSSR count). The summed E-state index contributed by atoms with van der Waals surface area (Å²) in [5.41, 5.74) is 12.4. The molecule has 6 aromatic heterocycles. The van der Waals surface area contributed by atoms with E-state index in [0.29, 0.717) is 17.5 Å². The van der Waals surface area contributed by atoms with Crippen molar-refractivity contribution in [1.29, 1.82) is 0 Å². The number of aromatic amines is 1. The van der Waals surface area contributed by atoms with E-state index in [1.807, 2.05) is 65.3 Å². The van der Waals surface area contributed by atoms with Crippen LogP contribution in [0.2, 0.25) is 0 Å². The van der Waals surface area contributed by atoms with Crippen LogP contribution in [0.4, 0.5) is 0 Å². The van der Waals surface area contributed by atoms with Gasteiger partial charge in [0.1, 0.15) is 0 Å². The van der Waals surface area contributed by atoms with Gasteiger partial charge in [0.15, 0.2) is 17.5 Å². The fourth-order valence-corrected chi connectivity index (χ4v) is 13.4. The Labute approximate surface area is 408 Å². The molecule has 0 atom stereocenters. The third-order valence-corrected chi connectivity index (χ3v) is 16.4. The smallest absolute Gasteiger partial charge is 0.166 e.